The maximum absolute atomic E-state index is 10.0. The van der Waals surface area contributed by atoms with Crippen LogP contribution in [0.5, 0.6) is 0 Å². The summed E-state index contributed by atoms with van der Waals surface area (Å²) in [6.45, 7) is 0.550. The van der Waals surface area contributed by atoms with Crippen molar-refractivity contribution in [1.82, 2.24) is 0 Å². The minimum Gasteiger partial charge on any atom is -0.392 e. The molecule has 0 aromatic carbocycles. The number of nitrogens with two attached hydrogens (primary N) is 1. The van der Waals surface area contributed by atoms with Crippen LogP contribution < -0.4 is 5.73 Å². The molecule has 1 heterocycles. The molecule has 3 heteroatoms. The minimum atomic E-state index is -0.244. The van der Waals surface area contributed by atoms with E-state index in [2.05, 4.69) is 6.07 Å². The molecular formula is C11H17NOS. The Kier molecular flexibility index (Phi) is 3.21. The second kappa shape index (κ2) is 4.43. The summed E-state index contributed by atoms with van der Waals surface area (Å²) < 4.78 is 0. The van der Waals surface area contributed by atoms with E-state index < -0.39 is 0 Å². The van der Waals surface area contributed by atoms with E-state index in [1.807, 2.05) is 11.4 Å². The SMILES string of the molecule is NCC(c1cccs1)C(O)CC1CC1. The van der Waals surface area contributed by atoms with Crippen LogP contribution in [0.4, 0.5) is 0 Å². The first kappa shape index (κ1) is 10.1. The number of aliphatic hydroxyl groups is 1. The topological polar surface area (TPSA) is 46.2 Å². The zero-order chi connectivity index (χ0) is 9.97. The fraction of sp³-hybridized carbons (Fsp3) is 0.636. The van der Waals surface area contributed by atoms with Crippen LogP contribution in [0.2, 0.25) is 0 Å². The lowest BCUT2D eigenvalue weighted by molar-refractivity contribution is 0.130. The Balaban J connectivity index is 1.97. The van der Waals surface area contributed by atoms with Gasteiger partial charge in [-0.1, -0.05) is 18.9 Å². The Morgan fingerprint density at radius 2 is 2.36 bits per heavy atom. The maximum Gasteiger partial charge on any atom is 0.0631 e. The highest BCUT2D eigenvalue weighted by molar-refractivity contribution is 7.10. The lowest BCUT2D eigenvalue weighted by Crippen LogP contribution is -2.25. The minimum absolute atomic E-state index is 0.149. The average Bonchev–Trinajstić information content (AvgIpc) is 2.82. The normalized spacial score (nSPS) is 20.7. The van der Waals surface area contributed by atoms with E-state index in [1.54, 1.807) is 11.3 Å². The molecule has 2 unspecified atom stereocenters. The molecule has 1 saturated carbocycles. The number of hydrogen-bond donors (Lipinski definition) is 2. The lowest BCUT2D eigenvalue weighted by Gasteiger charge is -2.19. The zero-order valence-corrected chi connectivity index (χ0v) is 9.04. The van der Waals surface area contributed by atoms with Crippen molar-refractivity contribution in [2.24, 2.45) is 11.7 Å². The first-order valence-corrected chi connectivity index (χ1v) is 6.10. The van der Waals surface area contributed by atoms with Crippen molar-refractivity contribution >= 4 is 11.3 Å². The second-order valence-corrected chi connectivity index (χ2v) is 5.08. The van der Waals surface area contributed by atoms with Crippen molar-refractivity contribution in [3.8, 4) is 0 Å². The van der Waals surface area contributed by atoms with Crippen LogP contribution in [0.15, 0.2) is 17.5 Å². The van der Waals surface area contributed by atoms with Crippen molar-refractivity contribution in [3.05, 3.63) is 22.4 Å². The van der Waals surface area contributed by atoms with Crippen LogP contribution >= 0.6 is 11.3 Å². The van der Waals surface area contributed by atoms with Gasteiger partial charge in [0.1, 0.15) is 0 Å². The van der Waals surface area contributed by atoms with E-state index in [0.717, 1.165) is 12.3 Å². The summed E-state index contributed by atoms with van der Waals surface area (Å²) >= 11 is 1.69. The van der Waals surface area contributed by atoms with Gasteiger partial charge in [-0.15, -0.1) is 11.3 Å². The fourth-order valence-electron chi connectivity index (χ4n) is 1.82. The van der Waals surface area contributed by atoms with Gasteiger partial charge in [-0.25, -0.2) is 0 Å². The third-order valence-electron chi connectivity index (χ3n) is 2.90. The van der Waals surface area contributed by atoms with Crippen molar-refractivity contribution in [1.29, 1.82) is 0 Å². The number of rotatable bonds is 5. The standard InChI is InChI=1S/C11H17NOS/c12-7-9(11-2-1-5-14-11)10(13)6-8-3-4-8/h1-2,5,8-10,13H,3-4,6-7,12H2. The van der Waals surface area contributed by atoms with Crippen LogP contribution in [0, 0.1) is 5.92 Å². The Labute approximate surface area is 88.8 Å². The first-order valence-electron chi connectivity index (χ1n) is 5.22. The second-order valence-electron chi connectivity index (χ2n) is 4.10. The summed E-state index contributed by atoms with van der Waals surface area (Å²) in [6.07, 6.45) is 3.27. The van der Waals surface area contributed by atoms with Gasteiger partial charge in [-0.2, -0.15) is 0 Å². The third kappa shape index (κ3) is 2.35. The molecule has 1 aliphatic carbocycles. The average molecular weight is 211 g/mol. The number of thiophene rings is 1. The van der Waals surface area contributed by atoms with Gasteiger partial charge in [0.05, 0.1) is 6.10 Å². The van der Waals surface area contributed by atoms with Crippen LogP contribution in [0.3, 0.4) is 0 Å². The molecule has 1 aliphatic rings. The molecule has 1 aromatic heterocycles. The number of aliphatic hydroxyl groups excluding tert-OH is 1. The predicted molar refractivity (Wildman–Crippen MR) is 59.5 cm³/mol. The van der Waals surface area contributed by atoms with Crippen molar-refractivity contribution in [2.75, 3.05) is 6.54 Å². The third-order valence-corrected chi connectivity index (χ3v) is 3.90. The maximum atomic E-state index is 10.0. The summed E-state index contributed by atoms with van der Waals surface area (Å²) in [4.78, 5) is 1.22. The molecule has 0 saturated heterocycles. The molecule has 0 amide bonds. The molecule has 14 heavy (non-hydrogen) atoms. The van der Waals surface area contributed by atoms with E-state index in [4.69, 9.17) is 5.73 Å². The smallest absolute Gasteiger partial charge is 0.0631 e. The number of hydrogen-bond acceptors (Lipinski definition) is 3. The quantitative estimate of drug-likeness (QED) is 0.782. The van der Waals surface area contributed by atoms with Crippen LogP contribution in [-0.4, -0.2) is 17.8 Å². The van der Waals surface area contributed by atoms with Gasteiger partial charge in [0, 0.05) is 17.3 Å². The molecule has 2 rings (SSSR count). The Morgan fingerprint density at radius 3 is 2.86 bits per heavy atom. The van der Waals surface area contributed by atoms with E-state index in [-0.39, 0.29) is 12.0 Å². The Morgan fingerprint density at radius 1 is 1.57 bits per heavy atom. The van der Waals surface area contributed by atoms with Gasteiger partial charge in [0.2, 0.25) is 0 Å². The summed E-state index contributed by atoms with van der Waals surface area (Å²) in [5.41, 5.74) is 5.71. The Bertz CT molecular complexity index is 269. The first-order chi connectivity index (χ1) is 6.81. The highest BCUT2D eigenvalue weighted by Gasteiger charge is 2.29. The van der Waals surface area contributed by atoms with Crippen molar-refractivity contribution in [3.63, 3.8) is 0 Å². The van der Waals surface area contributed by atoms with E-state index >= 15 is 0 Å². The highest BCUT2D eigenvalue weighted by atomic mass is 32.1. The molecule has 2 nitrogen and oxygen atoms in total. The summed E-state index contributed by atoms with van der Waals surface area (Å²) in [6, 6.07) is 4.09. The molecule has 1 aromatic rings. The summed E-state index contributed by atoms with van der Waals surface area (Å²) in [7, 11) is 0. The molecular weight excluding hydrogens is 194 g/mol. The molecule has 1 fully saturated rings. The molecule has 0 radical (unpaired) electrons. The van der Waals surface area contributed by atoms with Gasteiger partial charge < -0.3 is 10.8 Å². The predicted octanol–water partition coefficient (Wildman–Crippen LogP) is 1.95. The zero-order valence-electron chi connectivity index (χ0n) is 8.23. The molecule has 0 aliphatic heterocycles. The summed E-state index contributed by atoms with van der Waals surface area (Å²) in [5.74, 6) is 0.912. The van der Waals surface area contributed by atoms with Gasteiger partial charge in [0.25, 0.3) is 0 Å². The molecule has 3 N–H and O–H groups in total. The van der Waals surface area contributed by atoms with E-state index in [1.165, 1.54) is 17.7 Å². The molecule has 0 spiro atoms. The molecule has 0 bridgehead atoms. The fourth-order valence-corrected chi connectivity index (χ4v) is 2.72. The van der Waals surface area contributed by atoms with Gasteiger partial charge in [-0.3, -0.25) is 0 Å². The van der Waals surface area contributed by atoms with Gasteiger partial charge in [0.15, 0.2) is 0 Å². The molecule has 78 valence electrons. The lowest BCUT2D eigenvalue weighted by atomic mass is 9.96. The van der Waals surface area contributed by atoms with E-state index in [9.17, 15) is 5.11 Å². The van der Waals surface area contributed by atoms with Crippen LogP contribution in [0.1, 0.15) is 30.1 Å². The van der Waals surface area contributed by atoms with Gasteiger partial charge in [-0.05, 0) is 23.8 Å². The van der Waals surface area contributed by atoms with Crippen molar-refractivity contribution in [2.45, 2.75) is 31.3 Å². The van der Waals surface area contributed by atoms with Crippen molar-refractivity contribution < 1.29 is 5.11 Å². The highest BCUT2D eigenvalue weighted by Crippen LogP contribution is 2.37. The summed E-state index contributed by atoms with van der Waals surface area (Å²) in [5, 5.41) is 12.1. The monoisotopic (exact) mass is 211 g/mol. The van der Waals surface area contributed by atoms with Gasteiger partial charge >= 0.3 is 0 Å². The van der Waals surface area contributed by atoms with Crippen LogP contribution in [0.25, 0.3) is 0 Å². The van der Waals surface area contributed by atoms with E-state index in [0.29, 0.717) is 6.54 Å². The molecule has 2 atom stereocenters. The van der Waals surface area contributed by atoms with Crippen LogP contribution in [-0.2, 0) is 0 Å². The largest absolute Gasteiger partial charge is 0.392 e. The Hall–Kier alpha value is -0.380.